The molecule has 2 heterocycles. The third-order valence-electron chi connectivity index (χ3n) is 4.24. The van der Waals surface area contributed by atoms with Crippen LogP contribution in [-0.2, 0) is 0 Å². The Hall–Kier alpha value is -1.88. The number of hydrogen-bond acceptors (Lipinski definition) is 5. The molecule has 1 aromatic rings. The summed E-state index contributed by atoms with van der Waals surface area (Å²) in [5.41, 5.74) is 7.82. The molecule has 3 N–H and O–H groups in total. The summed E-state index contributed by atoms with van der Waals surface area (Å²) in [4.78, 5) is 19.2. The molecular formula is C19H30N4O. The van der Waals surface area contributed by atoms with Gasteiger partial charge < -0.3 is 16.0 Å². The van der Waals surface area contributed by atoms with Crippen molar-refractivity contribution in [1.29, 1.82) is 0 Å². The van der Waals surface area contributed by atoms with Crippen LogP contribution in [0.4, 0.5) is 5.82 Å². The van der Waals surface area contributed by atoms with E-state index in [0.29, 0.717) is 23.2 Å². The molecule has 0 bridgehead atoms. The number of piperidine rings is 1. The van der Waals surface area contributed by atoms with Gasteiger partial charge in [-0.25, -0.2) is 4.98 Å². The van der Waals surface area contributed by atoms with Gasteiger partial charge in [0, 0.05) is 37.1 Å². The maximum atomic E-state index is 12.5. The summed E-state index contributed by atoms with van der Waals surface area (Å²) in [6.45, 7) is 11.0. The summed E-state index contributed by atoms with van der Waals surface area (Å²) in [7, 11) is 0. The highest BCUT2D eigenvalue weighted by Crippen LogP contribution is 2.24. The topological polar surface area (TPSA) is 71.2 Å². The van der Waals surface area contributed by atoms with E-state index >= 15 is 0 Å². The van der Waals surface area contributed by atoms with Crippen molar-refractivity contribution in [3.63, 3.8) is 0 Å². The second-order valence-electron chi connectivity index (χ2n) is 7.20. The van der Waals surface area contributed by atoms with E-state index in [1.54, 1.807) is 6.92 Å². The predicted molar refractivity (Wildman–Crippen MR) is 99.3 cm³/mol. The number of ketones is 1. The van der Waals surface area contributed by atoms with Gasteiger partial charge in [-0.1, -0.05) is 13.8 Å². The molecule has 0 radical (unpaired) electrons. The van der Waals surface area contributed by atoms with Crippen molar-refractivity contribution in [3.05, 3.63) is 35.2 Å². The van der Waals surface area contributed by atoms with Crippen LogP contribution in [0.3, 0.4) is 0 Å². The van der Waals surface area contributed by atoms with E-state index in [1.165, 1.54) is 6.08 Å². The van der Waals surface area contributed by atoms with Crippen LogP contribution in [-0.4, -0.2) is 36.4 Å². The minimum absolute atomic E-state index is 0.0683. The van der Waals surface area contributed by atoms with Crippen molar-refractivity contribution in [3.8, 4) is 0 Å². The van der Waals surface area contributed by atoms with Gasteiger partial charge >= 0.3 is 0 Å². The molecule has 0 spiro atoms. The summed E-state index contributed by atoms with van der Waals surface area (Å²) in [6.07, 6.45) is 5.45. The Balaban J connectivity index is 2.10. The second kappa shape index (κ2) is 8.29. The number of allylic oxidation sites excluding steroid dienone is 2. The fourth-order valence-electron chi connectivity index (χ4n) is 2.98. The van der Waals surface area contributed by atoms with Crippen molar-refractivity contribution in [2.24, 2.45) is 11.7 Å². The van der Waals surface area contributed by atoms with Crippen molar-refractivity contribution in [2.75, 3.05) is 24.5 Å². The molecule has 24 heavy (non-hydrogen) atoms. The molecule has 0 unspecified atom stereocenters. The fraction of sp³-hybridized carbons (Fsp3) is 0.579. The lowest BCUT2D eigenvalue weighted by molar-refractivity contribution is 0.104. The molecule has 0 aliphatic carbocycles. The van der Waals surface area contributed by atoms with Crippen LogP contribution in [0.2, 0.25) is 0 Å². The highest BCUT2D eigenvalue weighted by molar-refractivity contribution is 6.08. The number of carbonyl (C=O) groups is 1. The number of pyridine rings is 1. The first kappa shape index (κ1) is 18.5. The van der Waals surface area contributed by atoms with Crippen LogP contribution in [0.25, 0.3) is 0 Å². The van der Waals surface area contributed by atoms with Gasteiger partial charge in [-0.05, 0) is 50.8 Å². The van der Waals surface area contributed by atoms with Crippen molar-refractivity contribution < 1.29 is 4.79 Å². The Morgan fingerprint density at radius 2 is 2.12 bits per heavy atom. The van der Waals surface area contributed by atoms with Crippen molar-refractivity contribution in [1.82, 2.24) is 10.3 Å². The number of aromatic nitrogens is 1. The first-order chi connectivity index (χ1) is 11.4. The molecule has 1 aromatic heterocycles. The fourth-order valence-corrected chi connectivity index (χ4v) is 2.98. The molecule has 5 nitrogen and oxygen atoms in total. The van der Waals surface area contributed by atoms with Crippen LogP contribution < -0.4 is 16.0 Å². The average molecular weight is 330 g/mol. The maximum Gasteiger partial charge on any atom is 0.191 e. The monoisotopic (exact) mass is 330 g/mol. The summed E-state index contributed by atoms with van der Waals surface area (Å²) in [6, 6.07) is 2.46. The zero-order valence-corrected chi connectivity index (χ0v) is 15.3. The van der Waals surface area contributed by atoms with Gasteiger partial charge in [0.1, 0.15) is 5.82 Å². The van der Waals surface area contributed by atoms with E-state index in [2.05, 4.69) is 29.0 Å². The Bertz CT molecular complexity index is 597. The Morgan fingerprint density at radius 3 is 2.71 bits per heavy atom. The van der Waals surface area contributed by atoms with Crippen LogP contribution >= 0.6 is 0 Å². The van der Waals surface area contributed by atoms with Crippen LogP contribution in [0.15, 0.2) is 24.0 Å². The van der Waals surface area contributed by atoms with Gasteiger partial charge in [0.05, 0.1) is 5.56 Å². The first-order valence-corrected chi connectivity index (χ1v) is 8.80. The standard InChI is InChI=1S/C19H30N4O/c1-13(2)11-21-16-5-7-23(8-6-16)19-17(9-14(3)12-22-19)18(24)10-15(4)20/h9-10,12-13,16,21H,5-8,11,20H2,1-4H3. The molecule has 0 amide bonds. The smallest absolute Gasteiger partial charge is 0.191 e. The molecule has 5 heteroatoms. The molecule has 132 valence electrons. The lowest BCUT2D eigenvalue weighted by Crippen LogP contribution is -2.44. The zero-order valence-electron chi connectivity index (χ0n) is 15.3. The van der Waals surface area contributed by atoms with Crippen molar-refractivity contribution in [2.45, 2.75) is 46.6 Å². The minimum atomic E-state index is -0.0683. The van der Waals surface area contributed by atoms with E-state index in [4.69, 9.17) is 5.73 Å². The van der Waals surface area contributed by atoms with E-state index in [1.807, 2.05) is 19.2 Å². The summed E-state index contributed by atoms with van der Waals surface area (Å²) < 4.78 is 0. The van der Waals surface area contributed by atoms with Crippen molar-refractivity contribution >= 4 is 11.6 Å². The number of carbonyl (C=O) groups excluding carboxylic acids is 1. The van der Waals surface area contributed by atoms with Crippen LogP contribution in [0.5, 0.6) is 0 Å². The molecule has 1 aliphatic heterocycles. The number of aryl methyl sites for hydroxylation is 1. The predicted octanol–water partition coefficient (Wildman–Crippen LogP) is 2.65. The van der Waals surface area contributed by atoms with Crippen LogP contribution in [0, 0.1) is 12.8 Å². The van der Waals surface area contributed by atoms with Gasteiger partial charge in [-0.3, -0.25) is 4.79 Å². The summed E-state index contributed by atoms with van der Waals surface area (Å²) in [5.74, 6) is 1.38. The molecule has 1 saturated heterocycles. The number of nitrogens with zero attached hydrogens (tertiary/aromatic N) is 2. The third kappa shape index (κ3) is 5.06. The number of anilines is 1. The Labute approximate surface area is 145 Å². The van der Waals surface area contributed by atoms with Gasteiger partial charge in [0.15, 0.2) is 5.78 Å². The third-order valence-corrected chi connectivity index (χ3v) is 4.24. The molecular weight excluding hydrogens is 300 g/mol. The van der Waals surface area contributed by atoms with Gasteiger partial charge in [0.25, 0.3) is 0 Å². The maximum absolute atomic E-state index is 12.5. The number of nitrogens with one attached hydrogen (secondary N) is 1. The van der Waals surface area contributed by atoms with Gasteiger partial charge in [-0.15, -0.1) is 0 Å². The molecule has 0 aromatic carbocycles. The number of hydrogen-bond donors (Lipinski definition) is 2. The zero-order chi connectivity index (χ0) is 17.7. The normalized spacial score (nSPS) is 16.7. The quantitative estimate of drug-likeness (QED) is 0.620. The highest BCUT2D eigenvalue weighted by atomic mass is 16.1. The molecule has 0 atom stereocenters. The van der Waals surface area contributed by atoms with Crippen LogP contribution in [0.1, 0.15) is 49.5 Å². The minimum Gasteiger partial charge on any atom is -0.402 e. The van der Waals surface area contributed by atoms with Gasteiger partial charge in [0.2, 0.25) is 0 Å². The van der Waals surface area contributed by atoms with E-state index in [9.17, 15) is 4.79 Å². The second-order valence-corrected chi connectivity index (χ2v) is 7.20. The summed E-state index contributed by atoms with van der Waals surface area (Å²) >= 11 is 0. The lowest BCUT2D eigenvalue weighted by atomic mass is 10.0. The van der Waals surface area contributed by atoms with E-state index in [-0.39, 0.29) is 5.78 Å². The number of rotatable bonds is 6. The van der Waals surface area contributed by atoms with E-state index < -0.39 is 0 Å². The lowest BCUT2D eigenvalue weighted by Gasteiger charge is -2.34. The molecule has 0 saturated carbocycles. The van der Waals surface area contributed by atoms with E-state index in [0.717, 1.165) is 43.9 Å². The SMILES string of the molecule is CC(N)=CC(=O)c1cc(C)cnc1N1CCC(NCC(C)C)CC1. The molecule has 1 fully saturated rings. The number of nitrogens with two attached hydrogens (primary N) is 1. The highest BCUT2D eigenvalue weighted by Gasteiger charge is 2.23. The Morgan fingerprint density at radius 1 is 1.46 bits per heavy atom. The van der Waals surface area contributed by atoms with Gasteiger partial charge in [-0.2, -0.15) is 0 Å². The Kier molecular flexibility index (Phi) is 6.37. The molecule has 1 aliphatic rings. The first-order valence-electron chi connectivity index (χ1n) is 8.80. The average Bonchev–Trinajstić information content (AvgIpc) is 2.53. The largest absolute Gasteiger partial charge is 0.402 e. The molecule has 2 rings (SSSR count). The summed E-state index contributed by atoms with van der Waals surface area (Å²) in [5, 5.41) is 3.63.